The molecule has 19 heteroatoms. The number of nitrogens with two attached hydrogens (primary N) is 1. The largest absolute Gasteiger partial charge is 0.478 e. The Morgan fingerprint density at radius 3 is 1.89 bits per heavy atom. The molecule has 0 spiro atoms. The molecule has 15 nitrogen and oxygen atoms in total. The van der Waals surface area contributed by atoms with Crippen molar-refractivity contribution in [3.63, 3.8) is 0 Å². The Morgan fingerprint density at radius 2 is 1.35 bits per heavy atom. The van der Waals surface area contributed by atoms with Crippen molar-refractivity contribution >= 4 is 47.2 Å². The summed E-state index contributed by atoms with van der Waals surface area (Å²) in [6.07, 6.45) is 2.78. The highest BCUT2D eigenvalue weighted by atomic mass is 19.2. The molecule has 310 valence electrons. The second-order valence-corrected chi connectivity index (χ2v) is 14.1. The Balaban J connectivity index is 1.80. The van der Waals surface area contributed by atoms with Crippen molar-refractivity contribution < 1.29 is 61.0 Å². The van der Waals surface area contributed by atoms with E-state index in [4.69, 9.17) is 5.73 Å². The van der Waals surface area contributed by atoms with Gasteiger partial charge in [0.05, 0.1) is 18.2 Å². The summed E-state index contributed by atoms with van der Waals surface area (Å²) >= 11 is 0. The van der Waals surface area contributed by atoms with Gasteiger partial charge in [0.25, 0.3) is 11.8 Å². The lowest BCUT2D eigenvalue weighted by molar-refractivity contribution is -0.141. The SMILES string of the molecule is CCCC(NC(=O)[C@H](CC(C)C)NC(=O)[C@@H](NC(=O)c1c(F)c(F)c(F)c(F)c1C(=O)O)C1CCCCC1)C(=O)C(=O)NCC(=O)NC(C(N)=O)c1ccccc1. The van der Waals surface area contributed by atoms with Crippen molar-refractivity contribution in [2.75, 3.05) is 6.54 Å². The normalized spacial score (nSPS) is 15.0. The molecule has 0 bridgehead atoms. The average Bonchev–Trinajstić information content (AvgIpc) is 3.17. The maximum Gasteiger partial charge on any atom is 0.339 e. The highest BCUT2D eigenvalue weighted by Crippen LogP contribution is 2.29. The number of Topliss-reactive ketones (excluding diaryl/α,β-unsaturated/α-hetero) is 1. The summed E-state index contributed by atoms with van der Waals surface area (Å²) in [5.74, 6) is -20.5. The van der Waals surface area contributed by atoms with E-state index in [1.54, 1.807) is 51.1 Å². The molecule has 1 saturated carbocycles. The van der Waals surface area contributed by atoms with Crippen molar-refractivity contribution in [2.45, 2.75) is 96.3 Å². The number of carboxylic acid groups (broad SMARTS) is 1. The van der Waals surface area contributed by atoms with E-state index in [2.05, 4.69) is 26.6 Å². The van der Waals surface area contributed by atoms with Crippen LogP contribution in [-0.4, -0.2) is 77.0 Å². The van der Waals surface area contributed by atoms with E-state index < -0.39 is 118 Å². The number of hydrogen-bond acceptors (Lipinski definition) is 8. The average molecular weight is 807 g/mol. The first-order chi connectivity index (χ1) is 26.9. The molecular formula is C38H46F4N6O9. The van der Waals surface area contributed by atoms with Gasteiger partial charge in [-0.15, -0.1) is 0 Å². The predicted molar refractivity (Wildman–Crippen MR) is 194 cm³/mol. The van der Waals surface area contributed by atoms with Crippen LogP contribution in [0.15, 0.2) is 30.3 Å². The molecule has 0 saturated heterocycles. The predicted octanol–water partition coefficient (Wildman–Crippen LogP) is 2.46. The third-order valence-corrected chi connectivity index (χ3v) is 9.30. The second-order valence-electron chi connectivity index (χ2n) is 14.1. The van der Waals surface area contributed by atoms with Crippen LogP contribution < -0.4 is 32.3 Å². The van der Waals surface area contributed by atoms with Gasteiger partial charge in [0.15, 0.2) is 23.3 Å². The number of primary amides is 1. The lowest BCUT2D eigenvalue weighted by Gasteiger charge is -2.32. The molecule has 1 fully saturated rings. The molecule has 57 heavy (non-hydrogen) atoms. The highest BCUT2D eigenvalue weighted by Gasteiger charge is 2.38. The minimum absolute atomic E-state index is 0.0447. The van der Waals surface area contributed by atoms with Gasteiger partial charge in [-0.1, -0.05) is 76.8 Å². The van der Waals surface area contributed by atoms with Crippen LogP contribution in [0.4, 0.5) is 17.6 Å². The molecule has 1 aliphatic carbocycles. The molecule has 2 aromatic carbocycles. The van der Waals surface area contributed by atoms with Gasteiger partial charge in [-0.25, -0.2) is 22.4 Å². The summed E-state index contributed by atoms with van der Waals surface area (Å²) in [5, 5.41) is 21.0. The molecule has 4 atom stereocenters. The number of aromatic carboxylic acids is 1. The Hall–Kier alpha value is -5.88. The van der Waals surface area contributed by atoms with Crippen LogP contribution in [0.2, 0.25) is 0 Å². The zero-order chi connectivity index (χ0) is 42.6. The molecule has 3 rings (SSSR count). The Morgan fingerprint density at radius 1 is 0.772 bits per heavy atom. The number of carbonyl (C=O) groups excluding carboxylic acids is 7. The number of rotatable bonds is 19. The van der Waals surface area contributed by atoms with Gasteiger partial charge in [0.2, 0.25) is 29.4 Å². The number of ketones is 1. The molecule has 1 aliphatic rings. The Bertz CT molecular complexity index is 1860. The van der Waals surface area contributed by atoms with Crippen molar-refractivity contribution in [1.82, 2.24) is 26.6 Å². The molecule has 6 amide bonds. The number of amides is 6. The second kappa shape index (κ2) is 20.9. The Kier molecular flexibility index (Phi) is 16.7. The van der Waals surface area contributed by atoms with Crippen LogP contribution in [-0.2, 0) is 28.8 Å². The molecule has 0 heterocycles. The summed E-state index contributed by atoms with van der Waals surface area (Å²) in [6.45, 7) is 4.33. The monoisotopic (exact) mass is 806 g/mol. The van der Waals surface area contributed by atoms with Gasteiger partial charge in [-0.2, -0.15) is 0 Å². The van der Waals surface area contributed by atoms with E-state index in [0.717, 1.165) is 6.42 Å². The van der Waals surface area contributed by atoms with E-state index >= 15 is 0 Å². The van der Waals surface area contributed by atoms with E-state index in [-0.39, 0.29) is 25.2 Å². The standard InChI is InChI=1S/C38H46F4N6O9/c1-4-11-21(32(50)37(55)44-17-23(49)47-30(33(43)51)19-12-7-5-8-13-19)45-34(52)22(16-18(2)3)46-36(54)31(20-14-9-6-10-15-20)48-35(53)24-25(38(56)57)27(40)29(42)28(41)26(24)39/h5,7-8,12-13,18,20-22,30-31H,4,6,9-11,14-17H2,1-3H3,(H2,43,51)(H,44,55)(H,45,52)(H,46,54)(H,47,49)(H,48,53)(H,56,57)/t21?,22-,30?,31-/m0/s1. The van der Waals surface area contributed by atoms with Crippen LogP contribution in [0.1, 0.15) is 104 Å². The van der Waals surface area contributed by atoms with E-state index in [1.807, 2.05) is 0 Å². The maximum absolute atomic E-state index is 14.9. The van der Waals surface area contributed by atoms with Gasteiger partial charge >= 0.3 is 5.97 Å². The van der Waals surface area contributed by atoms with E-state index in [1.165, 1.54) is 0 Å². The van der Waals surface area contributed by atoms with Crippen molar-refractivity contribution in [3.8, 4) is 0 Å². The highest BCUT2D eigenvalue weighted by molar-refractivity contribution is 6.38. The van der Waals surface area contributed by atoms with Crippen molar-refractivity contribution in [3.05, 3.63) is 70.3 Å². The summed E-state index contributed by atoms with van der Waals surface area (Å²) in [7, 11) is 0. The summed E-state index contributed by atoms with van der Waals surface area (Å²) in [6, 6.07) is 2.35. The lowest BCUT2D eigenvalue weighted by Crippen LogP contribution is -2.58. The van der Waals surface area contributed by atoms with Crippen LogP contribution in [0, 0.1) is 35.1 Å². The number of hydrogen-bond donors (Lipinski definition) is 7. The van der Waals surface area contributed by atoms with Crippen molar-refractivity contribution in [1.29, 1.82) is 0 Å². The minimum Gasteiger partial charge on any atom is -0.478 e. The summed E-state index contributed by atoms with van der Waals surface area (Å²) in [4.78, 5) is 103. The zero-order valence-electron chi connectivity index (χ0n) is 31.5. The van der Waals surface area contributed by atoms with Crippen LogP contribution in [0.3, 0.4) is 0 Å². The quantitative estimate of drug-likeness (QED) is 0.0477. The summed E-state index contributed by atoms with van der Waals surface area (Å²) < 4.78 is 57.4. The number of carboxylic acids is 1. The molecular weight excluding hydrogens is 760 g/mol. The first-order valence-electron chi connectivity index (χ1n) is 18.4. The minimum atomic E-state index is -2.45. The lowest BCUT2D eigenvalue weighted by atomic mass is 9.83. The first kappa shape index (κ1) is 45.5. The van der Waals surface area contributed by atoms with Gasteiger partial charge in [-0.05, 0) is 43.1 Å². The molecule has 0 aliphatic heterocycles. The third-order valence-electron chi connectivity index (χ3n) is 9.30. The molecule has 2 aromatic rings. The topological polar surface area (TPSA) is 243 Å². The molecule has 2 unspecified atom stereocenters. The van der Waals surface area contributed by atoms with Crippen LogP contribution in [0.25, 0.3) is 0 Å². The van der Waals surface area contributed by atoms with Gasteiger partial charge in [0.1, 0.15) is 23.7 Å². The fraction of sp³-hybridized carbons (Fsp3) is 0.474. The van der Waals surface area contributed by atoms with E-state index in [9.17, 15) is 61.0 Å². The number of nitrogens with one attached hydrogen (secondary N) is 5. The number of carbonyl (C=O) groups is 8. The van der Waals surface area contributed by atoms with Crippen LogP contribution >= 0.6 is 0 Å². The summed E-state index contributed by atoms with van der Waals surface area (Å²) in [5.41, 5.74) is 2.32. The van der Waals surface area contributed by atoms with E-state index in [0.29, 0.717) is 31.2 Å². The first-order valence-corrected chi connectivity index (χ1v) is 18.4. The number of halogens is 4. The van der Waals surface area contributed by atoms with Crippen molar-refractivity contribution in [2.24, 2.45) is 17.6 Å². The molecule has 8 N–H and O–H groups in total. The fourth-order valence-electron chi connectivity index (χ4n) is 6.50. The molecule has 0 aromatic heterocycles. The van der Waals surface area contributed by atoms with Gasteiger partial charge < -0.3 is 37.4 Å². The number of benzene rings is 2. The fourth-order valence-corrected chi connectivity index (χ4v) is 6.50. The zero-order valence-corrected chi connectivity index (χ0v) is 31.5. The Labute approximate surface area is 325 Å². The maximum atomic E-state index is 14.9. The molecule has 0 radical (unpaired) electrons. The third kappa shape index (κ3) is 12.1. The van der Waals surface area contributed by atoms with Gasteiger partial charge in [-0.3, -0.25) is 33.6 Å². The smallest absolute Gasteiger partial charge is 0.339 e. The van der Waals surface area contributed by atoms with Gasteiger partial charge in [0, 0.05) is 0 Å². The van der Waals surface area contributed by atoms with Crippen LogP contribution in [0.5, 0.6) is 0 Å².